The molecule has 154 valence electrons. The molecule has 1 aromatic carbocycles. The molecule has 2 aliphatic carbocycles. The van der Waals surface area contributed by atoms with E-state index >= 15 is 0 Å². The predicted molar refractivity (Wildman–Crippen MR) is 111 cm³/mol. The third kappa shape index (κ3) is 4.06. The summed E-state index contributed by atoms with van der Waals surface area (Å²) in [7, 11) is -3.64. The zero-order chi connectivity index (χ0) is 19.7. The first kappa shape index (κ1) is 19.7. The summed E-state index contributed by atoms with van der Waals surface area (Å²) < 4.78 is 27.2. The Morgan fingerprint density at radius 3 is 2.43 bits per heavy atom. The number of likely N-dealkylation sites (tertiary alicyclic amines) is 1. The number of amides is 2. The van der Waals surface area contributed by atoms with Crippen molar-refractivity contribution in [1.29, 1.82) is 0 Å². The van der Waals surface area contributed by atoms with Crippen LogP contribution in [0.25, 0.3) is 0 Å². The minimum Gasteiger partial charge on any atom is -0.307 e. The maximum Gasteiger partial charge on any atom is 0.332 e. The highest BCUT2D eigenvalue weighted by molar-refractivity contribution is 7.90. The predicted octanol–water partition coefficient (Wildman–Crippen LogP) is 2.99. The topological polar surface area (TPSA) is 78.5 Å². The lowest BCUT2D eigenvalue weighted by molar-refractivity contribution is 0.255. The van der Waals surface area contributed by atoms with Gasteiger partial charge in [-0.2, -0.15) is 0 Å². The van der Waals surface area contributed by atoms with Crippen LogP contribution in [0.2, 0.25) is 0 Å². The van der Waals surface area contributed by atoms with Crippen molar-refractivity contribution in [2.24, 2.45) is 0 Å². The Labute approximate surface area is 168 Å². The zero-order valence-corrected chi connectivity index (χ0v) is 17.5. The Morgan fingerprint density at radius 2 is 1.79 bits per heavy atom. The van der Waals surface area contributed by atoms with E-state index < -0.39 is 16.1 Å². The third-order valence-electron chi connectivity index (χ3n) is 6.58. The van der Waals surface area contributed by atoms with Crippen molar-refractivity contribution >= 4 is 21.7 Å². The van der Waals surface area contributed by atoms with Crippen molar-refractivity contribution in [2.45, 2.75) is 70.8 Å². The molecule has 2 amide bonds. The molecule has 1 heterocycles. The van der Waals surface area contributed by atoms with Crippen LogP contribution in [0.1, 0.15) is 61.3 Å². The van der Waals surface area contributed by atoms with E-state index in [0.29, 0.717) is 12.5 Å². The van der Waals surface area contributed by atoms with E-state index in [-0.39, 0.29) is 5.75 Å². The summed E-state index contributed by atoms with van der Waals surface area (Å²) >= 11 is 0. The molecule has 1 fully saturated rings. The van der Waals surface area contributed by atoms with E-state index in [2.05, 4.69) is 27.9 Å². The van der Waals surface area contributed by atoms with Crippen molar-refractivity contribution in [1.82, 2.24) is 9.62 Å². The number of rotatable bonds is 6. The van der Waals surface area contributed by atoms with Crippen LogP contribution < -0.4 is 10.0 Å². The second-order valence-corrected chi connectivity index (χ2v) is 10.2. The molecule has 0 unspecified atom stereocenters. The fraction of sp³-hybridized carbons (Fsp3) is 0.667. The minimum absolute atomic E-state index is 0.00735. The summed E-state index contributed by atoms with van der Waals surface area (Å²) in [5, 5.41) is 2.91. The van der Waals surface area contributed by atoms with Gasteiger partial charge in [-0.1, -0.05) is 13.0 Å². The Kier molecular flexibility index (Phi) is 5.65. The lowest BCUT2D eigenvalue weighted by atomic mass is 9.99. The summed E-state index contributed by atoms with van der Waals surface area (Å²) in [5.41, 5.74) is 5.93. The molecule has 0 saturated carbocycles. The number of nitrogens with zero attached hydrogens (tertiary/aromatic N) is 1. The molecule has 0 bridgehead atoms. The van der Waals surface area contributed by atoms with Crippen molar-refractivity contribution in [3.8, 4) is 0 Å². The van der Waals surface area contributed by atoms with Crippen molar-refractivity contribution < 1.29 is 13.2 Å². The lowest BCUT2D eigenvalue weighted by Gasteiger charge is -2.22. The molecule has 1 atom stereocenters. The van der Waals surface area contributed by atoms with E-state index in [0.717, 1.165) is 70.1 Å². The molecule has 7 heteroatoms. The van der Waals surface area contributed by atoms with Gasteiger partial charge in [0.25, 0.3) is 0 Å². The maximum absolute atomic E-state index is 12.5. The van der Waals surface area contributed by atoms with Crippen LogP contribution >= 0.6 is 0 Å². The third-order valence-corrected chi connectivity index (χ3v) is 7.85. The second-order valence-electron chi connectivity index (χ2n) is 8.32. The number of benzene rings is 1. The van der Waals surface area contributed by atoms with Gasteiger partial charge in [-0.25, -0.2) is 17.9 Å². The van der Waals surface area contributed by atoms with E-state index in [4.69, 9.17) is 0 Å². The van der Waals surface area contributed by atoms with Gasteiger partial charge in [0.05, 0.1) is 5.75 Å². The molecule has 2 N–H and O–H groups in total. The molecule has 1 aliphatic heterocycles. The zero-order valence-electron chi connectivity index (χ0n) is 16.7. The fourth-order valence-electron chi connectivity index (χ4n) is 5.23. The number of carbonyl (C=O) groups is 1. The Morgan fingerprint density at radius 1 is 1.11 bits per heavy atom. The van der Waals surface area contributed by atoms with E-state index in [9.17, 15) is 13.2 Å². The van der Waals surface area contributed by atoms with Gasteiger partial charge in [0.1, 0.15) is 0 Å². The highest BCUT2D eigenvalue weighted by atomic mass is 32.2. The molecule has 1 aromatic rings. The molecule has 4 rings (SSSR count). The van der Waals surface area contributed by atoms with Crippen LogP contribution in [0.3, 0.4) is 0 Å². The lowest BCUT2D eigenvalue weighted by Crippen LogP contribution is -2.38. The number of carbonyl (C=O) groups excluding carboxylic acids is 1. The number of anilines is 1. The summed E-state index contributed by atoms with van der Waals surface area (Å²) in [6.07, 6.45) is 8.95. The van der Waals surface area contributed by atoms with Gasteiger partial charge in [0.15, 0.2) is 0 Å². The molecular weight excluding hydrogens is 374 g/mol. The van der Waals surface area contributed by atoms with Gasteiger partial charge in [-0.05, 0) is 93.1 Å². The molecular formula is C21H31N3O3S. The minimum atomic E-state index is -3.64. The Bertz CT molecular complexity index is 834. The van der Waals surface area contributed by atoms with Gasteiger partial charge < -0.3 is 10.2 Å². The fourth-order valence-corrected chi connectivity index (χ4v) is 6.25. The number of fused-ring (bicyclic) bond motifs is 2. The Hall–Kier alpha value is -1.60. The van der Waals surface area contributed by atoms with Crippen LogP contribution in [-0.2, 0) is 35.7 Å². The average molecular weight is 406 g/mol. The van der Waals surface area contributed by atoms with E-state index in [1.54, 1.807) is 0 Å². The van der Waals surface area contributed by atoms with Crippen LogP contribution in [0.15, 0.2) is 6.07 Å². The van der Waals surface area contributed by atoms with Crippen LogP contribution in [-0.4, -0.2) is 44.2 Å². The SMILES string of the molecule is CCN1CCC[C@@H]1CCS(=O)(=O)NC(=O)Nc1c2c(cc3c1CCC3)CCC2. The van der Waals surface area contributed by atoms with Crippen LogP contribution in [0, 0.1) is 0 Å². The molecule has 28 heavy (non-hydrogen) atoms. The van der Waals surface area contributed by atoms with Gasteiger partial charge in [0, 0.05) is 11.7 Å². The molecule has 0 spiro atoms. The molecule has 0 aromatic heterocycles. The van der Waals surface area contributed by atoms with E-state index in [1.165, 1.54) is 22.3 Å². The van der Waals surface area contributed by atoms with Gasteiger partial charge in [-0.15, -0.1) is 0 Å². The Balaban J connectivity index is 1.41. The average Bonchev–Trinajstić information content (AvgIpc) is 3.39. The van der Waals surface area contributed by atoms with Crippen LogP contribution in [0.5, 0.6) is 0 Å². The summed E-state index contributed by atoms with van der Waals surface area (Å²) in [6, 6.07) is 1.99. The highest BCUT2D eigenvalue weighted by Gasteiger charge is 2.27. The quantitative estimate of drug-likeness (QED) is 0.763. The second kappa shape index (κ2) is 8.03. The van der Waals surface area contributed by atoms with Crippen molar-refractivity contribution in [2.75, 3.05) is 24.2 Å². The van der Waals surface area contributed by atoms with Crippen molar-refractivity contribution in [3.63, 3.8) is 0 Å². The first-order valence-electron chi connectivity index (χ1n) is 10.7. The number of aryl methyl sites for hydroxylation is 2. The van der Waals surface area contributed by atoms with Gasteiger partial charge in [0.2, 0.25) is 10.0 Å². The maximum atomic E-state index is 12.5. The van der Waals surface area contributed by atoms with Crippen molar-refractivity contribution in [3.05, 3.63) is 28.3 Å². The monoisotopic (exact) mass is 405 g/mol. The number of nitrogens with one attached hydrogen (secondary N) is 2. The van der Waals surface area contributed by atoms with Gasteiger partial charge >= 0.3 is 6.03 Å². The molecule has 6 nitrogen and oxygen atoms in total. The molecule has 3 aliphatic rings. The standard InChI is InChI=1S/C21H31N3O3S/c1-2-24-12-5-8-17(24)11-13-28(26,27)23-21(25)22-20-18-9-3-6-15(18)14-16-7-4-10-19(16)20/h14,17H,2-13H2,1H3,(H2,22,23,25)/t17-/m1/s1. The van der Waals surface area contributed by atoms with Crippen LogP contribution in [0.4, 0.5) is 10.5 Å². The van der Waals surface area contributed by atoms with Gasteiger partial charge in [-0.3, -0.25) is 0 Å². The number of hydrogen-bond donors (Lipinski definition) is 2. The largest absolute Gasteiger partial charge is 0.332 e. The molecule has 0 radical (unpaired) electrons. The smallest absolute Gasteiger partial charge is 0.307 e. The van der Waals surface area contributed by atoms with E-state index in [1.807, 2.05) is 0 Å². The highest BCUT2D eigenvalue weighted by Crippen LogP contribution is 2.38. The summed E-state index contributed by atoms with van der Waals surface area (Å²) in [4.78, 5) is 14.9. The number of hydrogen-bond acceptors (Lipinski definition) is 4. The first-order chi connectivity index (χ1) is 13.5. The molecule has 1 saturated heterocycles. The summed E-state index contributed by atoms with van der Waals surface area (Å²) in [5.74, 6) is -0.00735. The number of urea groups is 1. The first-order valence-corrected chi connectivity index (χ1v) is 12.3. The number of sulfonamides is 1. The summed E-state index contributed by atoms with van der Waals surface area (Å²) in [6.45, 7) is 4.09. The normalized spacial score (nSPS) is 21.5.